The fourth-order valence-electron chi connectivity index (χ4n) is 7.07. The lowest BCUT2D eigenvalue weighted by Crippen LogP contribution is -2.34. The molecule has 4 atom stereocenters. The van der Waals surface area contributed by atoms with Crippen LogP contribution in [-0.2, 0) is 14.3 Å². The molecule has 1 aliphatic carbocycles. The van der Waals surface area contributed by atoms with E-state index in [4.69, 9.17) is 16.3 Å². The second kappa shape index (κ2) is 12.4. The van der Waals surface area contributed by atoms with Crippen LogP contribution >= 0.6 is 11.6 Å². The van der Waals surface area contributed by atoms with Crippen molar-refractivity contribution in [2.45, 2.75) is 45.1 Å². The van der Waals surface area contributed by atoms with Crippen molar-refractivity contribution in [3.05, 3.63) is 110 Å². The summed E-state index contributed by atoms with van der Waals surface area (Å²) in [7, 11) is 0. The minimum Gasteiger partial charge on any atom is -0.508 e. The molecule has 226 valence electrons. The maximum Gasteiger partial charge on any atom is 0.271 e. The number of halogens is 1. The number of fused-ring (bicyclic) bond motifs is 3. The zero-order valence-electron chi connectivity index (χ0n) is 24.3. The van der Waals surface area contributed by atoms with Gasteiger partial charge in [0.2, 0.25) is 11.8 Å². The molecule has 2 heterocycles. The number of phenols is 1. The molecule has 0 spiro atoms. The predicted molar refractivity (Wildman–Crippen MR) is 169 cm³/mol. The lowest BCUT2D eigenvalue weighted by molar-refractivity contribution is -0.384. The van der Waals surface area contributed by atoms with Gasteiger partial charge < -0.3 is 9.84 Å². The Morgan fingerprint density at radius 2 is 1.86 bits per heavy atom. The largest absolute Gasteiger partial charge is 0.508 e. The molecule has 3 aromatic rings. The lowest BCUT2D eigenvalue weighted by Gasteiger charge is -2.32. The van der Waals surface area contributed by atoms with Crippen LogP contribution in [-0.4, -0.2) is 34.6 Å². The molecule has 2 amide bonds. The molecule has 2 fully saturated rings. The van der Waals surface area contributed by atoms with Crippen molar-refractivity contribution in [3.63, 3.8) is 0 Å². The Balaban J connectivity index is 1.29. The molecule has 0 saturated carbocycles. The average Bonchev–Trinajstić information content (AvgIpc) is 3.55. The number of imide groups is 1. The van der Waals surface area contributed by atoms with Gasteiger partial charge in [0, 0.05) is 18.1 Å². The minimum absolute atomic E-state index is 0.105. The number of nitrogens with zero attached hydrogens (tertiary/aromatic N) is 2. The molecule has 3 aliphatic rings. The summed E-state index contributed by atoms with van der Waals surface area (Å²) in [4.78, 5) is 39.6. The number of allylic oxidation sites excluding steroid dienone is 2. The summed E-state index contributed by atoms with van der Waals surface area (Å²) >= 11 is 6.46. The molecule has 6 rings (SSSR count). The quantitative estimate of drug-likeness (QED) is 0.0876. The molecule has 2 saturated heterocycles. The fourth-order valence-corrected chi connectivity index (χ4v) is 7.30. The van der Waals surface area contributed by atoms with Gasteiger partial charge in [-0.05, 0) is 78.3 Å². The monoisotopic (exact) mass is 612 g/mol. The highest BCUT2D eigenvalue weighted by molar-refractivity contribution is 6.32. The highest BCUT2D eigenvalue weighted by atomic mass is 35.5. The molecule has 44 heavy (non-hydrogen) atoms. The third-order valence-corrected chi connectivity index (χ3v) is 9.32. The first kappa shape index (κ1) is 29.8. The molecule has 8 nitrogen and oxygen atoms in total. The summed E-state index contributed by atoms with van der Waals surface area (Å²) in [6.45, 7) is 2.46. The van der Waals surface area contributed by atoms with Gasteiger partial charge >= 0.3 is 0 Å². The van der Waals surface area contributed by atoms with Crippen molar-refractivity contribution in [2.75, 3.05) is 11.5 Å². The highest BCUT2D eigenvalue weighted by Crippen LogP contribution is 2.51. The van der Waals surface area contributed by atoms with Crippen molar-refractivity contribution in [3.8, 4) is 5.75 Å². The first-order valence-corrected chi connectivity index (χ1v) is 15.3. The average molecular weight is 613 g/mol. The third kappa shape index (κ3) is 5.55. The van der Waals surface area contributed by atoms with Crippen LogP contribution in [0.2, 0.25) is 5.02 Å². The topological polar surface area (TPSA) is 110 Å². The van der Waals surface area contributed by atoms with E-state index in [1.54, 1.807) is 18.2 Å². The maximum atomic E-state index is 13.9. The number of ether oxygens (including phenoxy) is 1. The number of amides is 2. The molecule has 2 aliphatic heterocycles. The zero-order chi connectivity index (χ0) is 31.0. The molecule has 0 aromatic heterocycles. The van der Waals surface area contributed by atoms with Gasteiger partial charge in [-0.15, -0.1) is 0 Å². The summed E-state index contributed by atoms with van der Waals surface area (Å²) in [5.74, 6) is -1.77. The van der Waals surface area contributed by atoms with E-state index >= 15 is 0 Å². The van der Waals surface area contributed by atoms with E-state index in [0.29, 0.717) is 30.9 Å². The predicted octanol–water partition coefficient (Wildman–Crippen LogP) is 7.60. The number of nitro benzene ring substituents is 1. The number of benzene rings is 3. The SMILES string of the molecule is CCCC1=C2[C@@H](CC/C(=C/c3ccc(O)cc3Cl)c3ccccc3)OC[C@@H]2[C@@H]2C(=O)N(c3cccc([N+](=O)[O-])c3)C(=O)[C@@H]2C1. The number of non-ortho nitro benzene ring substituents is 1. The van der Waals surface area contributed by atoms with Crippen molar-refractivity contribution in [1.82, 2.24) is 0 Å². The van der Waals surface area contributed by atoms with Crippen LogP contribution < -0.4 is 4.90 Å². The number of hydrogen-bond donors (Lipinski definition) is 1. The van der Waals surface area contributed by atoms with Crippen LogP contribution in [0.25, 0.3) is 11.6 Å². The summed E-state index contributed by atoms with van der Waals surface area (Å²) in [6.07, 6.45) is 5.42. The van der Waals surface area contributed by atoms with Gasteiger partial charge in [-0.3, -0.25) is 19.7 Å². The van der Waals surface area contributed by atoms with E-state index < -0.39 is 16.8 Å². The standard InChI is InChI=1S/C35H33ClN2O6/c1-2-7-24-17-28-33(35(41)37(34(28)40)25-10-6-11-26(18-25)38(42)43)29-20-44-31(32(24)29)15-13-22(21-8-4-3-5-9-21)16-23-12-14-27(39)19-30(23)36/h3-6,8-12,14,16,18-19,28-29,31,33,39H,2,7,13,15,17,20H2,1H3/b22-16-/t28-,29+,31-,33-/m1/s1. The van der Waals surface area contributed by atoms with Crippen LogP contribution in [0.5, 0.6) is 5.75 Å². The Labute approximate surface area is 260 Å². The van der Waals surface area contributed by atoms with Crippen LogP contribution in [0.3, 0.4) is 0 Å². The van der Waals surface area contributed by atoms with Gasteiger partial charge in [0.25, 0.3) is 5.69 Å². The number of anilines is 1. The Bertz CT molecular complexity index is 1680. The molecule has 3 aromatic carbocycles. The van der Waals surface area contributed by atoms with Crippen LogP contribution in [0.15, 0.2) is 83.9 Å². The van der Waals surface area contributed by atoms with E-state index in [0.717, 1.165) is 40.0 Å². The Morgan fingerprint density at radius 1 is 1.07 bits per heavy atom. The number of rotatable bonds is 9. The van der Waals surface area contributed by atoms with E-state index in [9.17, 15) is 24.8 Å². The van der Waals surface area contributed by atoms with Gasteiger partial charge in [0.15, 0.2) is 0 Å². The molecule has 0 radical (unpaired) electrons. The normalized spacial score (nSPS) is 23.2. The number of carbonyl (C=O) groups is 2. The van der Waals surface area contributed by atoms with E-state index in [1.807, 2.05) is 24.3 Å². The van der Waals surface area contributed by atoms with Crippen molar-refractivity contribution < 1.29 is 24.4 Å². The van der Waals surface area contributed by atoms with Crippen LogP contribution in [0.1, 0.15) is 50.2 Å². The van der Waals surface area contributed by atoms with E-state index in [1.165, 1.54) is 29.8 Å². The molecular weight excluding hydrogens is 580 g/mol. The summed E-state index contributed by atoms with van der Waals surface area (Å²) in [6, 6.07) is 20.7. The smallest absolute Gasteiger partial charge is 0.271 e. The Hall–Kier alpha value is -4.27. The van der Waals surface area contributed by atoms with E-state index in [-0.39, 0.29) is 41.0 Å². The molecule has 1 N–H and O–H groups in total. The lowest BCUT2D eigenvalue weighted by atomic mass is 9.68. The minimum atomic E-state index is -0.553. The zero-order valence-corrected chi connectivity index (χ0v) is 25.1. The number of hydrogen-bond acceptors (Lipinski definition) is 6. The second-order valence-electron chi connectivity index (χ2n) is 11.6. The first-order chi connectivity index (χ1) is 21.3. The number of aromatic hydroxyl groups is 1. The van der Waals surface area contributed by atoms with Gasteiger partial charge in [0.1, 0.15) is 5.75 Å². The van der Waals surface area contributed by atoms with Crippen LogP contribution in [0, 0.1) is 27.9 Å². The second-order valence-corrected chi connectivity index (χ2v) is 12.0. The third-order valence-electron chi connectivity index (χ3n) is 8.99. The first-order valence-electron chi connectivity index (χ1n) is 15.0. The molecule has 0 unspecified atom stereocenters. The van der Waals surface area contributed by atoms with Gasteiger partial charge in [-0.25, -0.2) is 4.90 Å². The Morgan fingerprint density at radius 3 is 2.59 bits per heavy atom. The van der Waals surface area contributed by atoms with Crippen molar-refractivity contribution in [2.24, 2.45) is 17.8 Å². The number of carbonyl (C=O) groups excluding carboxylic acids is 2. The van der Waals surface area contributed by atoms with Gasteiger partial charge in [-0.1, -0.05) is 66.9 Å². The van der Waals surface area contributed by atoms with Gasteiger partial charge in [0.05, 0.1) is 40.2 Å². The van der Waals surface area contributed by atoms with E-state index in [2.05, 4.69) is 19.1 Å². The summed E-state index contributed by atoms with van der Waals surface area (Å²) < 4.78 is 6.42. The van der Waals surface area contributed by atoms with Crippen molar-refractivity contribution in [1.29, 1.82) is 0 Å². The molecule has 9 heteroatoms. The fraction of sp³-hybridized carbons (Fsp3) is 0.314. The highest BCUT2D eigenvalue weighted by Gasteiger charge is 2.57. The van der Waals surface area contributed by atoms with Gasteiger partial charge in [-0.2, -0.15) is 0 Å². The van der Waals surface area contributed by atoms with Crippen LogP contribution in [0.4, 0.5) is 11.4 Å². The maximum absolute atomic E-state index is 13.9. The number of nitro groups is 1. The number of phenolic OH excluding ortho intramolecular Hbond substituents is 1. The Kier molecular flexibility index (Phi) is 8.38. The molecule has 0 bridgehead atoms. The summed E-state index contributed by atoms with van der Waals surface area (Å²) in [5.41, 5.74) is 5.34. The van der Waals surface area contributed by atoms with Crippen molar-refractivity contribution >= 4 is 46.4 Å². The molecular formula is C35H33ClN2O6. The summed E-state index contributed by atoms with van der Waals surface area (Å²) in [5, 5.41) is 21.7.